The zero-order valence-electron chi connectivity index (χ0n) is 11.8. The molecule has 1 unspecified atom stereocenters. The normalized spacial score (nSPS) is 18.9. The topological polar surface area (TPSA) is 89.7 Å². The lowest BCUT2D eigenvalue weighted by Crippen LogP contribution is -2.29. The SMILES string of the molecule is COc1c(C(=O)N2CCC(C)C2)cc(Cl)cc1S(N)(=O)=O. The third-order valence-electron chi connectivity index (χ3n) is 3.47. The van der Waals surface area contributed by atoms with E-state index in [9.17, 15) is 13.2 Å². The molecule has 1 saturated heterocycles. The first-order chi connectivity index (χ1) is 9.74. The quantitative estimate of drug-likeness (QED) is 0.907. The number of likely N-dealkylation sites (tertiary alicyclic amines) is 1. The average molecular weight is 333 g/mol. The second-order valence-electron chi connectivity index (χ2n) is 5.17. The summed E-state index contributed by atoms with van der Waals surface area (Å²) in [4.78, 5) is 13.9. The van der Waals surface area contributed by atoms with Crippen molar-refractivity contribution in [3.05, 3.63) is 22.7 Å². The van der Waals surface area contributed by atoms with E-state index in [2.05, 4.69) is 6.92 Å². The molecule has 2 N–H and O–H groups in total. The maximum atomic E-state index is 12.6. The number of methoxy groups -OCH3 is 1. The van der Waals surface area contributed by atoms with Gasteiger partial charge in [-0.3, -0.25) is 4.79 Å². The number of benzene rings is 1. The number of nitrogens with two attached hydrogens (primary N) is 1. The van der Waals surface area contributed by atoms with Gasteiger partial charge in [-0.1, -0.05) is 18.5 Å². The molecule has 1 aliphatic rings. The zero-order valence-corrected chi connectivity index (χ0v) is 13.4. The lowest BCUT2D eigenvalue weighted by molar-refractivity contribution is 0.0784. The maximum Gasteiger partial charge on any atom is 0.257 e. The summed E-state index contributed by atoms with van der Waals surface area (Å²) >= 11 is 5.92. The Kier molecular flexibility index (Phi) is 4.46. The third kappa shape index (κ3) is 3.30. The van der Waals surface area contributed by atoms with E-state index in [4.69, 9.17) is 21.5 Å². The number of rotatable bonds is 3. The molecule has 116 valence electrons. The van der Waals surface area contributed by atoms with Crippen molar-refractivity contribution in [3.63, 3.8) is 0 Å². The molecule has 2 rings (SSSR count). The lowest BCUT2D eigenvalue weighted by atomic mass is 10.1. The third-order valence-corrected chi connectivity index (χ3v) is 4.61. The van der Waals surface area contributed by atoms with Gasteiger partial charge in [-0.2, -0.15) is 0 Å². The molecule has 0 aromatic heterocycles. The summed E-state index contributed by atoms with van der Waals surface area (Å²) in [5.41, 5.74) is 0.114. The number of hydrogen-bond donors (Lipinski definition) is 1. The van der Waals surface area contributed by atoms with Crippen molar-refractivity contribution in [2.45, 2.75) is 18.2 Å². The average Bonchev–Trinajstić information content (AvgIpc) is 2.82. The van der Waals surface area contributed by atoms with Gasteiger partial charge >= 0.3 is 0 Å². The van der Waals surface area contributed by atoms with E-state index in [0.29, 0.717) is 19.0 Å². The molecule has 1 aromatic rings. The van der Waals surface area contributed by atoms with E-state index in [1.54, 1.807) is 4.90 Å². The molecular formula is C13H17ClN2O4S. The molecule has 0 aliphatic carbocycles. The Hall–Kier alpha value is -1.31. The van der Waals surface area contributed by atoms with Crippen LogP contribution in [-0.2, 0) is 10.0 Å². The predicted octanol–water partition coefficient (Wildman–Crippen LogP) is 1.48. The summed E-state index contributed by atoms with van der Waals surface area (Å²) in [6, 6.07) is 2.58. The van der Waals surface area contributed by atoms with Crippen LogP contribution in [0, 0.1) is 5.92 Å². The summed E-state index contributed by atoms with van der Waals surface area (Å²) in [5.74, 6) is 0.0480. The van der Waals surface area contributed by atoms with E-state index in [-0.39, 0.29) is 27.1 Å². The minimum Gasteiger partial charge on any atom is -0.494 e. The molecule has 1 aliphatic heterocycles. The van der Waals surface area contributed by atoms with Gasteiger partial charge in [0.2, 0.25) is 10.0 Å². The maximum absolute atomic E-state index is 12.6. The van der Waals surface area contributed by atoms with Crippen molar-refractivity contribution < 1.29 is 17.9 Å². The van der Waals surface area contributed by atoms with Gasteiger partial charge in [-0.25, -0.2) is 13.6 Å². The Bertz CT molecular complexity index is 675. The van der Waals surface area contributed by atoms with E-state index >= 15 is 0 Å². The number of carbonyl (C=O) groups excluding carboxylic acids is 1. The summed E-state index contributed by atoms with van der Waals surface area (Å²) in [7, 11) is -2.75. The molecule has 21 heavy (non-hydrogen) atoms. The van der Waals surface area contributed by atoms with Crippen LogP contribution < -0.4 is 9.88 Å². The fraction of sp³-hybridized carbons (Fsp3) is 0.462. The lowest BCUT2D eigenvalue weighted by Gasteiger charge is -2.19. The number of sulfonamides is 1. The van der Waals surface area contributed by atoms with Crippen molar-refractivity contribution in [2.75, 3.05) is 20.2 Å². The number of amides is 1. The van der Waals surface area contributed by atoms with Crippen LogP contribution >= 0.6 is 11.6 Å². The van der Waals surface area contributed by atoms with E-state index in [1.807, 2.05) is 0 Å². The molecule has 1 atom stereocenters. The number of nitrogens with zero attached hydrogens (tertiary/aromatic N) is 1. The summed E-state index contributed by atoms with van der Waals surface area (Å²) in [6.45, 7) is 3.30. The molecule has 0 bridgehead atoms. The number of primary sulfonamides is 1. The van der Waals surface area contributed by atoms with Crippen LogP contribution in [0.15, 0.2) is 17.0 Å². The van der Waals surface area contributed by atoms with Gasteiger partial charge in [0.15, 0.2) is 5.75 Å². The monoisotopic (exact) mass is 332 g/mol. The van der Waals surface area contributed by atoms with Crippen molar-refractivity contribution in [1.29, 1.82) is 0 Å². The van der Waals surface area contributed by atoms with Crippen LogP contribution in [0.25, 0.3) is 0 Å². The van der Waals surface area contributed by atoms with Crippen molar-refractivity contribution >= 4 is 27.5 Å². The summed E-state index contributed by atoms with van der Waals surface area (Å²) in [5, 5.41) is 5.28. The van der Waals surface area contributed by atoms with Crippen LogP contribution in [0.5, 0.6) is 5.75 Å². The Morgan fingerprint density at radius 1 is 1.48 bits per heavy atom. The van der Waals surface area contributed by atoms with E-state index < -0.39 is 10.0 Å². The molecule has 6 nitrogen and oxygen atoms in total. The number of ether oxygens (including phenoxy) is 1. The van der Waals surface area contributed by atoms with Gasteiger partial charge in [0.05, 0.1) is 12.7 Å². The second-order valence-corrected chi connectivity index (χ2v) is 7.14. The second kappa shape index (κ2) is 5.82. The number of carbonyl (C=O) groups is 1. The van der Waals surface area contributed by atoms with Crippen molar-refractivity contribution in [1.82, 2.24) is 4.90 Å². The highest BCUT2D eigenvalue weighted by atomic mass is 35.5. The minimum atomic E-state index is -4.04. The first-order valence-corrected chi connectivity index (χ1v) is 8.36. The van der Waals surface area contributed by atoms with Gasteiger partial charge in [0, 0.05) is 18.1 Å². The molecule has 1 aromatic carbocycles. The van der Waals surface area contributed by atoms with E-state index in [1.165, 1.54) is 19.2 Å². The minimum absolute atomic E-state index is 0.0635. The Morgan fingerprint density at radius 2 is 2.14 bits per heavy atom. The highest BCUT2D eigenvalue weighted by Gasteiger charge is 2.29. The largest absolute Gasteiger partial charge is 0.494 e. The standard InChI is InChI=1S/C13H17ClN2O4S/c1-8-3-4-16(7-8)13(17)10-5-9(14)6-11(12(10)20-2)21(15,18)19/h5-6,8H,3-4,7H2,1-2H3,(H2,15,18,19). The highest BCUT2D eigenvalue weighted by Crippen LogP contribution is 2.33. The Balaban J connectivity index is 2.53. The number of hydrogen-bond acceptors (Lipinski definition) is 4. The first kappa shape index (κ1) is 16.1. The fourth-order valence-electron chi connectivity index (χ4n) is 2.44. The molecule has 0 radical (unpaired) electrons. The first-order valence-electron chi connectivity index (χ1n) is 6.43. The Labute approximate surface area is 128 Å². The Morgan fingerprint density at radius 3 is 2.62 bits per heavy atom. The van der Waals surface area contributed by atoms with Crippen LogP contribution in [0.3, 0.4) is 0 Å². The predicted molar refractivity (Wildman–Crippen MR) is 79.1 cm³/mol. The van der Waals surface area contributed by atoms with Crippen LogP contribution in [0.2, 0.25) is 5.02 Å². The van der Waals surface area contributed by atoms with Crippen LogP contribution in [0.1, 0.15) is 23.7 Å². The molecule has 1 fully saturated rings. The van der Waals surface area contributed by atoms with Crippen LogP contribution in [-0.4, -0.2) is 39.4 Å². The molecule has 0 saturated carbocycles. The fourth-order valence-corrected chi connectivity index (χ4v) is 3.47. The van der Waals surface area contributed by atoms with Crippen LogP contribution in [0.4, 0.5) is 0 Å². The van der Waals surface area contributed by atoms with Gasteiger partial charge in [-0.15, -0.1) is 0 Å². The molecule has 0 spiro atoms. The van der Waals surface area contributed by atoms with E-state index in [0.717, 1.165) is 6.42 Å². The highest BCUT2D eigenvalue weighted by molar-refractivity contribution is 7.89. The number of halogens is 1. The van der Waals surface area contributed by atoms with Gasteiger partial charge < -0.3 is 9.64 Å². The van der Waals surface area contributed by atoms with Crippen molar-refractivity contribution in [3.8, 4) is 5.75 Å². The summed E-state index contributed by atoms with van der Waals surface area (Å²) < 4.78 is 28.4. The van der Waals surface area contributed by atoms with Gasteiger partial charge in [0.1, 0.15) is 4.90 Å². The molecule has 1 amide bonds. The van der Waals surface area contributed by atoms with Gasteiger partial charge in [-0.05, 0) is 24.5 Å². The van der Waals surface area contributed by atoms with Crippen molar-refractivity contribution in [2.24, 2.45) is 11.1 Å². The molecule has 8 heteroatoms. The molecular weight excluding hydrogens is 316 g/mol. The van der Waals surface area contributed by atoms with Gasteiger partial charge in [0.25, 0.3) is 5.91 Å². The molecule has 1 heterocycles. The summed E-state index contributed by atoms with van der Waals surface area (Å²) in [6.07, 6.45) is 0.913. The zero-order chi connectivity index (χ0) is 15.8. The smallest absolute Gasteiger partial charge is 0.257 e.